The van der Waals surface area contributed by atoms with Crippen LogP contribution in [0.4, 0.5) is 0 Å². The lowest BCUT2D eigenvalue weighted by Gasteiger charge is -2.18. The largest absolute Gasteiger partial charge is 0.462 e. The molecule has 0 radical (unpaired) electrons. The normalized spacial score (nSPS) is 12.8. The summed E-state index contributed by atoms with van der Waals surface area (Å²) in [4.78, 5) is 38.3. The third-order valence-electron chi connectivity index (χ3n) is 14.0. The molecule has 446 valence electrons. The molecular weight excluding hydrogens is 961 g/mol. The van der Waals surface area contributed by atoms with Gasteiger partial charge >= 0.3 is 17.9 Å². The molecule has 0 rings (SSSR count). The maximum Gasteiger partial charge on any atom is 0.306 e. The van der Waals surface area contributed by atoms with Crippen LogP contribution in [0.2, 0.25) is 0 Å². The van der Waals surface area contributed by atoms with Crippen molar-refractivity contribution in [2.45, 2.75) is 316 Å². The highest BCUT2D eigenvalue weighted by atomic mass is 16.6. The Morgan fingerprint density at radius 1 is 0.269 bits per heavy atom. The van der Waals surface area contributed by atoms with Gasteiger partial charge in [-0.25, -0.2) is 0 Å². The smallest absolute Gasteiger partial charge is 0.306 e. The molecule has 6 heteroatoms. The maximum atomic E-state index is 12.9. The average molecular weight is 1080 g/mol. The molecule has 0 aliphatic heterocycles. The highest BCUT2D eigenvalue weighted by Gasteiger charge is 2.19. The fourth-order valence-electron chi connectivity index (χ4n) is 9.07. The SMILES string of the molecule is CC/C=C\C/C=C\C/C=C\C/C=C\C/C=C\C/C=C\CCC(=O)OC(COC(=O)CCCCCCC/C=C\C/C=C\CCCC)COC(=O)CCCCCCCCCCCCCCCCC/C=C\CCCCCCCCCC. The first-order valence-electron chi connectivity index (χ1n) is 32.9. The van der Waals surface area contributed by atoms with Gasteiger partial charge in [-0.1, -0.05) is 291 Å². The maximum absolute atomic E-state index is 12.9. The Labute approximate surface area is 482 Å². The summed E-state index contributed by atoms with van der Waals surface area (Å²) in [5, 5.41) is 0. The Morgan fingerprint density at radius 2 is 0.538 bits per heavy atom. The number of hydrogen-bond acceptors (Lipinski definition) is 6. The molecule has 0 spiro atoms. The van der Waals surface area contributed by atoms with Crippen LogP contribution in [0.3, 0.4) is 0 Å². The standard InChI is InChI=1S/C72H122O6/c1-4-7-10-13-16-19-22-25-28-30-32-33-34-35-36-37-38-39-41-42-44-47-50-53-56-59-62-65-71(74)77-68-69(67-76-70(73)64-61-58-55-52-49-46-27-24-21-18-15-12-9-6-3)78-72(75)66-63-60-57-54-51-48-45-43-40-31-29-26-23-20-17-14-11-8-5-2/h8,11,15,17-18,20,24,26-27,29-30,32,40,43,48,51,57,60,69H,4-7,9-10,12-14,16,19,21-23,25,28,31,33-39,41-42,44-47,49-50,52-56,58-59,61-68H2,1-3H3/b11-8-,18-15-,20-17-,27-24-,29-26-,32-30-,43-40-,51-48-,60-57-. The second-order valence-corrected chi connectivity index (χ2v) is 21.6. The summed E-state index contributed by atoms with van der Waals surface area (Å²) in [7, 11) is 0. The molecule has 1 atom stereocenters. The molecule has 0 aromatic heterocycles. The molecule has 0 N–H and O–H groups in total. The van der Waals surface area contributed by atoms with E-state index in [4.69, 9.17) is 14.2 Å². The van der Waals surface area contributed by atoms with Crippen molar-refractivity contribution < 1.29 is 28.6 Å². The molecule has 0 aromatic rings. The zero-order chi connectivity index (χ0) is 56.4. The number of esters is 3. The molecule has 0 fully saturated rings. The van der Waals surface area contributed by atoms with Gasteiger partial charge in [-0.15, -0.1) is 0 Å². The predicted octanol–water partition coefficient (Wildman–Crippen LogP) is 22.6. The number of carbonyl (C=O) groups excluding carboxylic acids is 3. The quantitative estimate of drug-likeness (QED) is 0.0261. The summed E-state index contributed by atoms with van der Waals surface area (Å²) < 4.78 is 16.8. The van der Waals surface area contributed by atoms with Crippen LogP contribution in [0.5, 0.6) is 0 Å². The van der Waals surface area contributed by atoms with E-state index in [1.807, 2.05) is 6.08 Å². The van der Waals surface area contributed by atoms with Crippen molar-refractivity contribution >= 4 is 17.9 Å². The summed E-state index contributed by atoms with van der Waals surface area (Å²) in [6.07, 6.45) is 89.8. The van der Waals surface area contributed by atoms with E-state index in [2.05, 4.69) is 124 Å². The highest BCUT2D eigenvalue weighted by Crippen LogP contribution is 2.16. The fourth-order valence-corrected chi connectivity index (χ4v) is 9.07. The van der Waals surface area contributed by atoms with Crippen molar-refractivity contribution in [3.8, 4) is 0 Å². The van der Waals surface area contributed by atoms with Gasteiger partial charge in [0, 0.05) is 19.3 Å². The molecule has 0 saturated carbocycles. The van der Waals surface area contributed by atoms with Crippen LogP contribution >= 0.6 is 0 Å². The Morgan fingerprint density at radius 3 is 0.885 bits per heavy atom. The Hall–Kier alpha value is -3.93. The summed E-state index contributed by atoms with van der Waals surface area (Å²) in [6, 6.07) is 0. The van der Waals surface area contributed by atoms with Crippen LogP contribution in [0.1, 0.15) is 310 Å². The van der Waals surface area contributed by atoms with E-state index < -0.39 is 12.1 Å². The van der Waals surface area contributed by atoms with E-state index in [1.165, 1.54) is 161 Å². The van der Waals surface area contributed by atoms with E-state index in [-0.39, 0.29) is 31.6 Å². The number of allylic oxidation sites excluding steroid dienone is 18. The van der Waals surface area contributed by atoms with E-state index in [9.17, 15) is 14.4 Å². The van der Waals surface area contributed by atoms with Gasteiger partial charge in [-0.3, -0.25) is 14.4 Å². The van der Waals surface area contributed by atoms with Crippen LogP contribution in [0.25, 0.3) is 0 Å². The summed E-state index contributed by atoms with van der Waals surface area (Å²) in [6.45, 7) is 6.43. The molecule has 0 aliphatic rings. The first-order valence-corrected chi connectivity index (χ1v) is 32.9. The van der Waals surface area contributed by atoms with Crippen LogP contribution in [-0.2, 0) is 28.6 Å². The number of rotatable bonds is 59. The monoisotopic (exact) mass is 1080 g/mol. The minimum absolute atomic E-state index is 0.112. The predicted molar refractivity (Wildman–Crippen MR) is 339 cm³/mol. The second kappa shape index (κ2) is 65.6. The van der Waals surface area contributed by atoms with Crippen molar-refractivity contribution in [1.82, 2.24) is 0 Å². The highest BCUT2D eigenvalue weighted by molar-refractivity contribution is 5.71. The van der Waals surface area contributed by atoms with Crippen molar-refractivity contribution in [3.63, 3.8) is 0 Å². The van der Waals surface area contributed by atoms with Crippen molar-refractivity contribution in [1.29, 1.82) is 0 Å². The average Bonchev–Trinajstić information content (AvgIpc) is 3.44. The van der Waals surface area contributed by atoms with E-state index in [1.54, 1.807) is 0 Å². The molecule has 0 aromatic carbocycles. The minimum Gasteiger partial charge on any atom is -0.462 e. The van der Waals surface area contributed by atoms with Crippen LogP contribution in [0.15, 0.2) is 109 Å². The summed E-state index contributed by atoms with van der Waals surface area (Å²) >= 11 is 0. The number of hydrogen-bond donors (Lipinski definition) is 0. The molecule has 0 amide bonds. The molecular formula is C72H122O6. The van der Waals surface area contributed by atoms with Gasteiger partial charge in [-0.05, 0) is 109 Å². The lowest BCUT2D eigenvalue weighted by atomic mass is 10.0. The van der Waals surface area contributed by atoms with Gasteiger partial charge in [0.05, 0.1) is 0 Å². The minimum atomic E-state index is -0.827. The molecule has 0 heterocycles. The van der Waals surface area contributed by atoms with Crippen LogP contribution < -0.4 is 0 Å². The zero-order valence-corrected chi connectivity index (χ0v) is 51.2. The van der Waals surface area contributed by atoms with E-state index in [0.29, 0.717) is 19.3 Å². The van der Waals surface area contributed by atoms with Gasteiger partial charge in [0.1, 0.15) is 13.2 Å². The van der Waals surface area contributed by atoms with Gasteiger partial charge in [-0.2, -0.15) is 0 Å². The van der Waals surface area contributed by atoms with Gasteiger partial charge in [0.2, 0.25) is 0 Å². The zero-order valence-electron chi connectivity index (χ0n) is 51.2. The number of unbranched alkanes of at least 4 members (excludes halogenated alkanes) is 30. The Kier molecular flexibility index (Phi) is 62.3. The second-order valence-electron chi connectivity index (χ2n) is 21.6. The van der Waals surface area contributed by atoms with Gasteiger partial charge in [0.15, 0.2) is 6.10 Å². The van der Waals surface area contributed by atoms with Crippen molar-refractivity contribution in [2.75, 3.05) is 13.2 Å². The molecule has 78 heavy (non-hydrogen) atoms. The molecule has 1 unspecified atom stereocenters. The summed E-state index contributed by atoms with van der Waals surface area (Å²) in [5.74, 6) is -1.00. The first-order chi connectivity index (χ1) is 38.5. The van der Waals surface area contributed by atoms with Gasteiger partial charge < -0.3 is 14.2 Å². The van der Waals surface area contributed by atoms with E-state index in [0.717, 1.165) is 103 Å². The number of carbonyl (C=O) groups is 3. The van der Waals surface area contributed by atoms with Crippen LogP contribution in [-0.4, -0.2) is 37.2 Å². The third-order valence-corrected chi connectivity index (χ3v) is 14.0. The Balaban J connectivity index is 4.37. The first kappa shape index (κ1) is 74.1. The topological polar surface area (TPSA) is 78.9 Å². The third kappa shape index (κ3) is 62.9. The summed E-state index contributed by atoms with van der Waals surface area (Å²) in [5.41, 5.74) is 0. The van der Waals surface area contributed by atoms with Crippen LogP contribution in [0, 0.1) is 0 Å². The molecule has 0 saturated heterocycles. The molecule has 6 nitrogen and oxygen atoms in total. The van der Waals surface area contributed by atoms with Crippen molar-refractivity contribution in [2.24, 2.45) is 0 Å². The van der Waals surface area contributed by atoms with Gasteiger partial charge in [0.25, 0.3) is 0 Å². The number of ether oxygens (including phenoxy) is 3. The fraction of sp³-hybridized carbons (Fsp3) is 0.708. The lowest BCUT2D eigenvalue weighted by Crippen LogP contribution is -2.30. The van der Waals surface area contributed by atoms with E-state index >= 15 is 0 Å². The van der Waals surface area contributed by atoms with Crippen molar-refractivity contribution in [3.05, 3.63) is 109 Å². The molecule has 0 bridgehead atoms. The lowest BCUT2D eigenvalue weighted by molar-refractivity contribution is -0.166. The molecule has 0 aliphatic carbocycles. The Bertz CT molecular complexity index is 1570.